The number of rotatable bonds is 1. The van der Waals surface area contributed by atoms with Gasteiger partial charge in [-0.3, -0.25) is 0 Å². The summed E-state index contributed by atoms with van der Waals surface area (Å²) in [6.45, 7) is 4.58. The number of alkyl halides is 1. The minimum Gasteiger partial charge on any atom is -0.393 e. The van der Waals surface area contributed by atoms with Gasteiger partial charge in [0, 0.05) is 5.33 Å². The number of halogens is 1. The molecule has 0 heterocycles. The predicted molar refractivity (Wildman–Crippen MR) is 53.4 cm³/mol. The van der Waals surface area contributed by atoms with Gasteiger partial charge in [0.1, 0.15) is 0 Å². The van der Waals surface area contributed by atoms with Crippen LogP contribution in [0.2, 0.25) is 0 Å². The Labute approximate surface area is 82.7 Å². The zero-order valence-electron chi connectivity index (χ0n) is 7.81. The maximum Gasteiger partial charge on any atom is 0.0602 e. The van der Waals surface area contributed by atoms with Crippen LogP contribution < -0.4 is 0 Å². The molecule has 2 heteroatoms. The third kappa shape index (κ3) is 0.784. The van der Waals surface area contributed by atoms with Gasteiger partial charge in [-0.15, -0.1) is 0 Å². The summed E-state index contributed by atoms with van der Waals surface area (Å²) in [6.07, 6.45) is 3.49. The van der Waals surface area contributed by atoms with Crippen LogP contribution in [0.1, 0.15) is 33.1 Å². The summed E-state index contributed by atoms with van der Waals surface area (Å²) >= 11 is 3.60. The number of aliphatic hydroxyl groups is 1. The summed E-state index contributed by atoms with van der Waals surface area (Å²) < 4.78 is 0. The van der Waals surface area contributed by atoms with Crippen LogP contribution in [-0.2, 0) is 0 Å². The molecule has 2 saturated carbocycles. The normalized spacial score (nSPS) is 58.0. The highest BCUT2D eigenvalue weighted by atomic mass is 79.9. The van der Waals surface area contributed by atoms with Gasteiger partial charge in [-0.2, -0.15) is 0 Å². The molecule has 0 unspecified atom stereocenters. The summed E-state index contributed by atoms with van der Waals surface area (Å²) in [4.78, 5) is 0. The maximum atomic E-state index is 9.92. The van der Waals surface area contributed by atoms with Gasteiger partial charge >= 0.3 is 0 Å². The summed E-state index contributed by atoms with van der Waals surface area (Å²) in [7, 11) is 0. The Hall–Kier alpha value is 0.440. The first-order valence-corrected chi connectivity index (χ1v) is 5.91. The highest BCUT2D eigenvalue weighted by molar-refractivity contribution is 9.09. The van der Waals surface area contributed by atoms with E-state index in [1.165, 1.54) is 12.8 Å². The average molecular weight is 233 g/mol. The van der Waals surface area contributed by atoms with Crippen molar-refractivity contribution in [2.24, 2.45) is 16.7 Å². The van der Waals surface area contributed by atoms with Crippen LogP contribution >= 0.6 is 15.9 Å². The lowest BCUT2D eigenvalue weighted by atomic mass is 9.70. The zero-order valence-corrected chi connectivity index (χ0v) is 9.39. The molecule has 70 valence electrons. The molecule has 0 saturated heterocycles. The molecule has 0 spiro atoms. The molecule has 2 aliphatic rings. The summed E-state index contributed by atoms with van der Waals surface area (Å²) in [6, 6.07) is 0. The average Bonchev–Trinajstić information content (AvgIpc) is 2.39. The van der Waals surface area contributed by atoms with Crippen LogP contribution in [0.4, 0.5) is 0 Å². The highest BCUT2D eigenvalue weighted by Gasteiger charge is 2.62. The topological polar surface area (TPSA) is 20.2 Å². The lowest BCUT2D eigenvalue weighted by Gasteiger charge is -2.38. The fourth-order valence-corrected chi connectivity index (χ4v) is 4.36. The Balaban J connectivity index is 2.38. The van der Waals surface area contributed by atoms with E-state index in [9.17, 15) is 5.11 Å². The number of fused-ring (bicyclic) bond motifs is 2. The van der Waals surface area contributed by atoms with Gasteiger partial charge < -0.3 is 5.11 Å². The van der Waals surface area contributed by atoms with E-state index in [0.29, 0.717) is 5.41 Å². The third-order valence-electron chi connectivity index (χ3n) is 4.74. The molecule has 1 N–H and O–H groups in total. The van der Waals surface area contributed by atoms with Crippen molar-refractivity contribution in [3.8, 4) is 0 Å². The van der Waals surface area contributed by atoms with Crippen LogP contribution in [-0.4, -0.2) is 16.5 Å². The van der Waals surface area contributed by atoms with Gasteiger partial charge in [0.15, 0.2) is 0 Å². The fraction of sp³-hybridized carbons (Fsp3) is 1.00. The SMILES string of the molecule is C[C@]12CC[C@H](C[C@H]1O)[C@@]2(C)CBr. The van der Waals surface area contributed by atoms with Crippen molar-refractivity contribution in [1.29, 1.82) is 0 Å². The van der Waals surface area contributed by atoms with E-state index in [1.54, 1.807) is 0 Å². The first-order chi connectivity index (χ1) is 5.54. The van der Waals surface area contributed by atoms with Gasteiger partial charge in [0.2, 0.25) is 0 Å². The van der Waals surface area contributed by atoms with Gasteiger partial charge in [-0.05, 0) is 36.0 Å². The second-order valence-corrected chi connectivity index (χ2v) is 5.52. The Kier molecular flexibility index (Phi) is 1.86. The molecule has 0 amide bonds. The first kappa shape index (κ1) is 9.01. The van der Waals surface area contributed by atoms with Crippen molar-refractivity contribution in [2.45, 2.75) is 39.2 Å². The monoisotopic (exact) mass is 232 g/mol. The molecule has 0 aromatic carbocycles. The molecule has 2 bridgehead atoms. The van der Waals surface area contributed by atoms with Gasteiger partial charge in [0.05, 0.1) is 6.10 Å². The molecule has 0 aliphatic heterocycles. The standard InChI is InChI=1S/C10H17BrO/c1-9-4-3-7(5-8(9)12)10(9,2)6-11/h7-8,12H,3-6H2,1-2H3/t7-,8-,9+,10-/m1/s1. The third-order valence-corrected chi connectivity index (χ3v) is 5.90. The van der Waals surface area contributed by atoms with Crippen LogP contribution in [0.5, 0.6) is 0 Å². The Morgan fingerprint density at radius 2 is 2.17 bits per heavy atom. The summed E-state index contributed by atoms with van der Waals surface area (Å²) in [5.41, 5.74) is 0.521. The number of hydrogen-bond donors (Lipinski definition) is 1. The van der Waals surface area contributed by atoms with E-state index in [1.807, 2.05) is 0 Å². The summed E-state index contributed by atoms with van der Waals surface area (Å²) in [5.74, 6) is 0.747. The second kappa shape index (κ2) is 2.48. The second-order valence-electron chi connectivity index (χ2n) is 4.96. The maximum absolute atomic E-state index is 9.92. The van der Waals surface area contributed by atoms with Gasteiger partial charge in [0.25, 0.3) is 0 Å². The van der Waals surface area contributed by atoms with Crippen molar-refractivity contribution in [3.63, 3.8) is 0 Å². The Morgan fingerprint density at radius 3 is 2.42 bits per heavy atom. The van der Waals surface area contributed by atoms with E-state index < -0.39 is 0 Å². The fourth-order valence-electron chi connectivity index (χ4n) is 3.26. The van der Waals surface area contributed by atoms with E-state index in [-0.39, 0.29) is 11.5 Å². The summed E-state index contributed by atoms with van der Waals surface area (Å²) in [5, 5.41) is 11.0. The largest absolute Gasteiger partial charge is 0.393 e. The minimum absolute atomic E-state index is 0.0567. The molecule has 1 nitrogen and oxygen atoms in total. The molecule has 0 aromatic heterocycles. The van der Waals surface area contributed by atoms with Crippen molar-refractivity contribution in [1.82, 2.24) is 0 Å². The van der Waals surface area contributed by atoms with E-state index in [4.69, 9.17) is 0 Å². The smallest absolute Gasteiger partial charge is 0.0602 e. The molecule has 2 rings (SSSR count). The highest BCUT2D eigenvalue weighted by Crippen LogP contribution is 2.66. The molecule has 0 radical (unpaired) electrons. The van der Waals surface area contributed by atoms with E-state index in [0.717, 1.165) is 17.7 Å². The number of hydrogen-bond acceptors (Lipinski definition) is 1. The van der Waals surface area contributed by atoms with Crippen molar-refractivity contribution < 1.29 is 5.11 Å². The Bertz CT molecular complexity index is 204. The molecule has 2 fully saturated rings. The molecule has 12 heavy (non-hydrogen) atoms. The van der Waals surface area contributed by atoms with Gasteiger partial charge in [-0.25, -0.2) is 0 Å². The first-order valence-electron chi connectivity index (χ1n) is 4.78. The lowest BCUT2D eigenvalue weighted by Crippen LogP contribution is -2.38. The van der Waals surface area contributed by atoms with Crippen molar-refractivity contribution >= 4 is 15.9 Å². The van der Waals surface area contributed by atoms with Crippen molar-refractivity contribution in [3.05, 3.63) is 0 Å². The zero-order chi connectivity index (χ0) is 8.98. The molecule has 2 aliphatic carbocycles. The minimum atomic E-state index is -0.0567. The Morgan fingerprint density at radius 1 is 1.50 bits per heavy atom. The number of aliphatic hydroxyl groups excluding tert-OH is 1. The quantitative estimate of drug-likeness (QED) is 0.690. The van der Waals surface area contributed by atoms with Crippen LogP contribution in [0.25, 0.3) is 0 Å². The van der Waals surface area contributed by atoms with Crippen LogP contribution in [0, 0.1) is 16.7 Å². The van der Waals surface area contributed by atoms with Gasteiger partial charge in [-0.1, -0.05) is 29.8 Å². The van der Waals surface area contributed by atoms with E-state index >= 15 is 0 Å². The molecular formula is C10H17BrO. The van der Waals surface area contributed by atoms with Crippen molar-refractivity contribution in [2.75, 3.05) is 5.33 Å². The van der Waals surface area contributed by atoms with E-state index in [2.05, 4.69) is 29.8 Å². The molecular weight excluding hydrogens is 216 g/mol. The molecule has 0 aromatic rings. The van der Waals surface area contributed by atoms with Crippen LogP contribution in [0.15, 0.2) is 0 Å². The lowest BCUT2D eigenvalue weighted by molar-refractivity contribution is 0.0148. The van der Waals surface area contributed by atoms with Crippen LogP contribution in [0.3, 0.4) is 0 Å². The predicted octanol–water partition coefficient (Wildman–Crippen LogP) is 2.57. The molecule has 4 atom stereocenters.